The second-order valence-electron chi connectivity index (χ2n) is 5.94. The van der Waals surface area contributed by atoms with Gasteiger partial charge in [-0.25, -0.2) is 0 Å². The lowest BCUT2D eigenvalue weighted by Crippen LogP contribution is -2.33. The summed E-state index contributed by atoms with van der Waals surface area (Å²) in [6.07, 6.45) is 3.94. The van der Waals surface area contributed by atoms with Crippen LogP contribution in [0.15, 0.2) is 24.5 Å². The fourth-order valence-electron chi connectivity index (χ4n) is 2.62. The van der Waals surface area contributed by atoms with Crippen molar-refractivity contribution in [1.29, 1.82) is 0 Å². The van der Waals surface area contributed by atoms with E-state index in [4.69, 9.17) is 14.2 Å². The molecule has 124 valence electrons. The van der Waals surface area contributed by atoms with Crippen LogP contribution in [0, 0.1) is 6.92 Å². The van der Waals surface area contributed by atoms with Gasteiger partial charge < -0.3 is 19.5 Å². The normalized spacial score (nSPS) is 15.5. The van der Waals surface area contributed by atoms with E-state index in [9.17, 15) is 0 Å². The summed E-state index contributed by atoms with van der Waals surface area (Å²) < 4.78 is 18.3. The smallest absolute Gasteiger partial charge is 0.231 e. The molecule has 2 atom stereocenters. The third kappa shape index (κ3) is 3.27. The number of hydrogen-bond donors (Lipinski definition) is 1. The van der Waals surface area contributed by atoms with E-state index in [1.807, 2.05) is 29.9 Å². The first-order valence-electron chi connectivity index (χ1n) is 7.79. The lowest BCUT2D eigenvalue weighted by atomic mass is 10.1. The van der Waals surface area contributed by atoms with Crippen molar-refractivity contribution in [1.82, 2.24) is 15.1 Å². The van der Waals surface area contributed by atoms with Crippen LogP contribution in [0.4, 0.5) is 0 Å². The van der Waals surface area contributed by atoms with E-state index in [0.717, 1.165) is 17.9 Å². The molecule has 1 aliphatic rings. The molecule has 2 heterocycles. The Morgan fingerprint density at radius 3 is 2.87 bits per heavy atom. The van der Waals surface area contributed by atoms with Crippen molar-refractivity contribution in [2.75, 3.05) is 13.9 Å². The molecular formula is C17H23N3O3. The van der Waals surface area contributed by atoms with Gasteiger partial charge in [0.05, 0.1) is 19.3 Å². The van der Waals surface area contributed by atoms with Crippen molar-refractivity contribution >= 4 is 0 Å². The van der Waals surface area contributed by atoms with E-state index in [2.05, 4.69) is 30.5 Å². The molecule has 6 heteroatoms. The van der Waals surface area contributed by atoms with E-state index in [1.165, 1.54) is 5.56 Å². The Morgan fingerprint density at radius 2 is 2.17 bits per heavy atom. The van der Waals surface area contributed by atoms with E-state index in [0.29, 0.717) is 11.5 Å². The highest BCUT2D eigenvalue weighted by atomic mass is 16.7. The van der Waals surface area contributed by atoms with Gasteiger partial charge in [0, 0.05) is 18.8 Å². The van der Waals surface area contributed by atoms with Gasteiger partial charge in [0.1, 0.15) is 0 Å². The minimum atomic E-state index is 0.245. The van der Waals surface area contributed by atoms with Crippen molar-refractivity contribution < 1.29 is 14.2 Å². The van der Waals surface area contributed by atoms with Crippen LogP contribution in [0.25, 0.3) is 0 Å². The zero-order chi connectivity index (χ0) is 16.4. The number of aryl methyl sites for hydroxylation is 1. The van der Waals surface area contributed by atoms with Crippen molar-refractivity contribution in [2.45, 2.75) is 39.4 Å². The van der Waals surface area contributed by atoms with Gasteiger partial charge in [-0.3, -0.25) is 4.68 Å². The number of ether oxygens (including phenoxy) is 3. The molecule has 23 heavy (non-hydrogen) atoms. The third-order valence-corrected chi connectivity index (χ3v) is 4.22. The Bertz CT molecular complexity index is 684. The monoisotopic (exact) mass is 317 g/mol. The number of nitrogens with one attached hydrogen (secondary N) is 1. The first-order valence-corrected chi connectivity index (χ1v) is 7.79. The lowest BCUT2D eigenvalue weighted by molar-refractivity contribution is 0.171. The van der Waals surface area contributed by atoms with Gasteiger partial charge in [0.25, 0.3) is 0 Å². The Hall–Kier alpha value is -2.21. The summed E-state index contributed by atoms with van der Waals surface area (Å²) in [6.45, 7) is 7.33. The van der Waals surface area contributed by atoms with Crippen molar-refractivity contribution in [3.63, 3.8) is 0 Å². The van der Waals surface area contributed by atoms with E-state index in [-0.39, 0.29) is 18.9 Å². The van der Waals surface area contributed by atoms with E-state index < -0.39 is 0 Å². The summed E-state index contributed by atoms with van der Waals surface area (Å²) in [5, 5.41) is 7.92. The van der Waals surface area contributed by atoms with Crippen molar-refractivity contribution in [3.05, 3.63) is 35.7 Å². The molecule has 0 amide bonds. The first-order chi connectivity index (χ1) is 11.1. The third-order valence-electron chi connectivity index (χ3n) is 4.22. The number of rotatable bonds is 6. The number of methoxy groups -OCH3 is 1. The summed E-state index contributed by atoms with van der Waals surface area (Å²) in [5.74, 6) is 2.13. The minimum Gasteiger partial charge on any atom is -0.493 e. The molecule has 0 unspecified atom stereocenters. The van der Waals surface area contributed by atoms with Crippen molar-refractivity contribution in [3.8, 4) is 17.2 Å². The van der Waals surface area contributed by atoms with Crippen LogP contribution >= 0.6 is 0 Å². The zero-order valence-electron chi connectivity index (χ0n) is 14.0. The number of hydrogen-bond acceptors (Lipinski definition) is 5. The fourth-order valence-corrected chi connectivity index (χ4v) is 2.62. The molecule has 1 aliphatic heterocycles. The Morgan fingerprint density at radius 1 is 1.35 bits per heavy atom. The van der Waals surface area contributed by atoms with Gasteiger partial charge >= 0.3 is 0 Å². The standard InChI is InChI=1S/C17H23N3O3/c1-11-7-19-20(9-11)13(3)12(2)18-8-14-5-15(21-4)17-16(6-14)22-10-23-17/h5-7,9,12-13,18H,8,10H2,1-4H3/t12-,13+/m0/s1. The van der Waals surface area contributed by atoms with Crippen LogP contribution in [0.1, 0.15) is 31.0 Å². The van der Waals surface area contributed by atoms with Crippen LogP contribution in [0.3, 0.4) is 0 Å². The molecule has 0 aliphatic carbocycles. The first kappa shape index (κ1) is 15.7. The number of benzene rings is 1. The SMILES string of the molecule is COc1cc(CN[C@@H](C)[C@@H](C)n2cc(C)cn2)cc2c1OCO2. The lowest BCUT2D eigenvalue weighted by Gasteiger charge is -2.22. The molecule has 1 N–H and O–H groups in total. The van der Waals surface area contributed by atoms with Gasteiger partial charge in [-0.2, -0.15) is 5.10 Å². The highest BCUT2D eigenvalue weighted by Crippen LogP contribution is 2.41. The topological polar surface area (TPSA) is 57.5 Å². The molecule has 3 rings (SSSR count). The molecule has 0 fully saturated rings. The summed E-state index contributed by atoms with van der Waals surface area (Å²) in [4.78, 5) is 0. The highest BCUT2D eigenvalue weighted by molar-refractivity contribution is 5.55. The molecule has 0 saturated carbocycles. The van der Waals surface area contributed by atoms with Crippen LogP contribution in [0.2, 0.25) is 0 Å². The van der Waals surface area contributed by atoms with Crippen LogP contribution in [-0.4, -0.2) is 29.7 Å². The second-order valence-corrected chi connectivity index (χ2v) is 5.94. The largest absolute Gasteiger partial charge is 0.493 e. The molecular weight excluding hydrogens is 294 g/mol. The molecule has 1 aromatic carbocycles. The zero-order valence-corrected chi connectivity index (χ0v) is 14.0. The van der Waals surface area contributed by atoms with Gasteiger partial charge in [0.15, 0.2) is 11.5 Å². The quantitative estimate of drug-likeness (QED) is 0.887. The summed E-state index contributed by atoms with van der Waals surface area (Å²) in [7, 11) is 1.64. The summed E-state index contributed by atoms with van der Waals surface area (Å²) >= 11 is 0. The summed E-state index contributed by atoms with van der Waals surface area (Å²) in [6, 6.07) is 4.51. The molecule has 2 aromatic rings. The molecule has 0 radical (unpaired) electrons. The van der Waals surface area contributed by atoms with Crippen LogP contribution in [0.5, 0.6) is 17.2 Å². The van der Waals surface area contributed by atoms with Gasteiger partial charge in [0.2, 0.25) is 12.5 Å². The van der Waals surface area contributed by atoms with Crippen LogP contribution in [-0.2, 0) is 6.54 Å². The maximum Gasteiger partial charge on any atom is 0.231 e. The maximum absolute atomic E-state index is 5.46. The van der Waals surface area contributed by atoms with Gasteiger partial charge in [-0.1, -0.05) is 0 Å². The molecule has 1 aromatic heterocycles. The predicted octanol–water partition coefficient (Wildman–Crippen LogP) is 2.67. The molecule has 6 nitrogen and oxygen atoms in total. The van der Waals surface area contributed by atoms with Gasteiger partial charge in [-0.05, 0) is 44.0 Å². The van der Waals surface area contributed by atoms with Crippen molar-refractivity contribution in [2.24, 2.45) is 0 Å². The van der Waals surface area contributed by atoms with Gasteiger partial charge in [-0.15, -0.1) is 0 Å². The Labute approximate surface area is 136 Å². The van der Waals surface area contributed by atoms with Crippen LogP contribution < -0.4 is 19.5 Å². The molecule has 0 bridgehead atoms. The number of fused-ring (bicyclic) bond motifs is 1. The van der Waals surface area contributed by atoms with E-state index >= 15 is 0 Å². The predicted molar refractivity (Wildman–Crippen MR) is 87.1 cm³/mol. The minimum absolute atomic E-state index is 0.245. The second kappa shape index (κ2) is 6.50. The molecule has 0 saturated heterocycles. The number of aromatic nitrogens is 2. The van der Waals surface area contributed by atoms with E-state index in [1.54, 1.807) is 7.11 Å². The summed E-state index contributed by atoms with van der Waals surface area (Å²) in [5.41, 5.74) is 2.27. The fraction of sp³-hybridized carbons (Fsp3) is 0.471. The average molecular weight is 317 g/mol. The maximum atomic E-state index is 5.46. The molecule has 0 spiro atoms. The average Bonchev–Trinajstić information content (AvgIpc) is 3.19. The number of nitrogens with zero attached hydrogens (tertiary/aromatic N) is 2. The Balaban J connectivity index is 1.66. The highest BCUT2D eigenvalue weighted by Gasteiger charge is 2.21. The Kier molecular flexibility index (Phi) is 4.43.